The van der Waals surface area contributed by atoms with Crippen molar-refractivity contribution >= 4 is 46.4 Å². The fraction of sp³-hybridized carbons (Fsp3) is 0.188. The Morgan fingerprint density at radius 1 is 1.17 bits per heavy atom. The van der Waals surface area contributed by atoms with Crippen molar-refractivity contribution in [2.45, 2.75) is 16.6 Å². The molecule has 0 saturated carbocycles. The average molecular weight is 347 g/mol. The van der Waals surface area contributed by atoms with Crippen LogP contribution in [0.2, 0.25) is 0 Å². The number of benzene rings is 1. The normalized spacial score (nSPS) is 16.3. The van der Waals surface area contributed by atoms with E-state index in [-0.39, 0.29) is 24.7 Å². The monoisotopic (exact) mass is 347 g/mol. The van der Waals surface area contributed by atoms with Crippen LogP contribution < -0.4 is 5.32 Å². The van der Waals surface area contributed by atoms with E-state index < -0.39 is 11.2 Å². The molecule has 7 heteroatoms. The third-order valence-corrected chi connectivity index (χ3v) is 5.40. The highest BCUT2D eigenvalue weighted by Gasteiger charge is 2.29. The molecular formula is C16H13NO4S2. The Bertz CT molecular complexity index is 742. The number of hydrogen-bond acceptors (Lipinski definition) is 6. The first-order chi connectivity index (χ1) is 11.1. The van der Waals surface area contributed by atoms with Gasteiger partial charge in [0.1, 0.15) is 0 Å². The molecule has 1 aliphatic heterocycles. The van der Waals surface area contributed by atoms with Crippen LogP contribution in [-0.4, -0.2) is 29.5 Å². The number of thioether (sulfide) groups is 1. The number of anilines is 1. The number of hydrogen-bond donors (Lipinski definition) is 1. The zero-order chi connectivity index (χ0) is 16.2. The molecule has 0 spiro atoms. The summed E-state index contributed by atoms with van der Waals surface area (Å²) in [6, 6.07) is 10.9. The van der Waals surface area contributed by atoms with Gasteiger partial charge in [-0.15, -0.1) is 23.1 Å². The van der Waals surface area contributed by atoms with Crippen LogP contribution in [0, 0.1) is 0 Å². The molecule has 1 aromatic heterocycles. The van der Waals surface area contributed by atoms with Gasteiger partial charge in [-0.3, -0.25) is 14.4 Å². The zero-order valence-corrected chi connectivity index (χ0v) is 13.6. The number of ether oxygens (including phenoxy) is 1. The van der Waals surface area contributed by atoms with E-state index in [0.29, 0.717) is 4.88 Å². The lowest BCUT2D eigenvalue weighted by molar-refractivity contribution is -0.143. The van der Waals surface area contributed by atoms with Gasteiger partial charge >= 0.3 is 5.97 Å². The van der Waals surface area contributed by atoms with Crippen molar-refractivity contribution in [3.63, 3.8) is 0 Å². The highest BCUT2D eigenvalue weighted by atomic mass is 32.2. The van der Waals surface area contributed by atoms with Crippen LogP contribution in [0.3, 0.4) is 0 Å². The lowest BCUT2D eigenvalue weighted by Gasteiger charge is -2.23. The van der Waals surface area contributed by atoms with E-state index in [1.807, 2.05) is 24.3 Å². The molecule has 1 aliphatic rings. The predicted molar refractivity (Wildman–Crippen MR) is 88.9 cm³/mol. The Kier molecular flexibility index (Phi) is 4.78. The fourth-order valence-electron chi connectivity index (χ4n) is 2.09. The van der Waals surface area contributed by atoms with Gasteiger partial charge in [-0.1, -0.05) is 18.2 Å². The third kappa shape index (κ3) is 3.80. The van der Waals surface area contributed by atoms with Gasteiger partial charge in [0.2, 0.25) is 11.7 Å². The van der Waals surface area contributed by atoms with Crippen LogP contribution in [0.15, 0.2) is 46.7 Å². The second kappa shape index (κ2) is 6.97. The highest BCUT2D eigenvalue weighted by molar-refractivity contribution is 8.01. The Hall–Kier alpha value is -2.12. The number of fused-ring (bicyclic) bond motifs is 1. The fourth-order valence-corrected chi connectivity index (χ4v) is 3.84. The smallest absolute Gasteiger partial charge is 0.307 e. The molecule has 1 N–H and O–H groups in total. The van der Waals surface area contributed by atoms with Crippen LogP contribution in [0.5, 0.6) is 0 Å². The van der Waals surface area contributed by atoms with Gasteiger partial charge in [0.15, 0.2) is 6.61 Å². The number of thiophene rings is 1. The maximum atomic E-state index is 12.0. The molecule has 0 bridgehead atoms. The first-order valence-corrected chi connectivity index (χ1v) is 8.68. The first kappa shape index (κ1) is 15.8. The highest BCUT2D eigenvalue weighted by Crippen LogP contribution is 2.36. The summed E-state index contributed by atoms with van der Waals surface area (Å²) in [5, 5.41) is 4.01. The molecule has 3 rings (SSSR count). The van der Waals surface area contributed by atoms with Crippen LogP contribution in [0.25, 0.3) is 0 Å². The third-order valence-electron chi connectivity index (χ3n) is 3.22. The SMILES string of the molecule is O=C(C[C@@H]1Sc2ccccc2NC1=O)OCC(=O)c1cccs1. The van der Waals surface area contributed by atoms with Crippen LogP contribution >= 0.6 is 23.1 Å². The molecule has 1 amide bonds. The number of rotatable bonds is 5. The minimum atomic E-state index is -0.554. The number of para-hydroxylation sites is 1. The maximum Gasteiger partial charge on any atom is 0.307 e. The Labute approximate surface area is 141 Å². The number of amides is 1. The van der Waals surface area contributed by atoms with E-state index >= 15 is 0 Å². The summed E-state index contributed by atoms with van der Waals surface area (Å²) in [7, 11) is 0. The van der Waals surface area contributed by atoms with Gasteiger partial charge in [-0.05, 0) is 23.6 Å². The summed E-state index contributed by atoms with van der Waals surface area (Å²) in [4.78, 5) is 37.1. The Morgan fingerprint density at radius 3 is 2.78 bits per heavy atom. The van der Waals surface area contributed by atoms with Crippen LogP contribution in [0.4, 0.5) is 5.69 Å². The maximum absolute atomic E-state index is 12.0. The summed E-state index contributed by atoms with van der Waals surface area (Å²) < 4.78 is 4.99. The van der Waals surface area contributed by atoms with Crippen molar-refractivity contribution in [1.29, 1.82) is 0 Å². The lowest BCUT2D eigenvalue weighted by Crippen LogP contribution is -2.31. The molecule has 0 radical (unpaired) electrons. The van der Waals surface area contributed by atoms with Crippen molar-refractivity contribution < 1.29 is 19.1 Å². The van der Waals surface area contributed by atoms with Crippen LogP contribution in [0.1, 0.15) is 16.1 Å². The van der Waals surface area contributed by atoms with E-state index in [4.69, 9.17) is 4.74 Å². The van der Waals surface area contributed by atoms with Gasteiger partial charge in [0.05, 0.1) is 22.2 Å². The molecule has 1 aromatic carbocycles. The van der Waals surface area contributed by atoms with Gasteiger partial charge in [-0.2, -0.15) is 0 Å². The minimum absolute atomic E-state index is 0.0669. The van der Waals surface area contributed by atoms with Crippen molar-refractivity contribution in [2.75, 3.05) is 11.9 Å². The summed E-state index contributed by atoms with van der Waals surface area (Å²) in [5.74, 6) is -1.02. The van der Waals surface area contributed by atoms with Crippen molar-refractivity contribution in [2.24, 2.45) is 0 Å². The number of ketones is 1. The average Bonchev–Trinajstić information content (AvgIpc) is 3.08. The second-order valence-electron chi connectivity index (χ2n) is 4.86. The van der Waals surface area contributed by atoms with Gasteiger partial charge in [-0.25, -0.2) is 0 Å². The molecule has 2 aromatic rings. The van der Waals surface area contributed by atoms with E-state index in [2.05, 4.69) is 5.32 Å². The topological polar surface area (TPSA) is 72.5 Å². The summed E-state index contributed by atoms with van der Waals surface area (Å²) in [6.45, 7) is -0.297. The molecule has 5 nitrogen and oxygen atoms in total. The van der Waals surface area contributed by atoms with Gasteiger partial charge in [0.25, 0.3) is 0 Å². The van der Waals surface area contributed by atoms with E-state index in [0.717, 1.165) is 10.6 Å². The van der Waals surface area contributed by atoms with Gasteiger partial charge < -0.3 is 10.1 Å². The number of carbonyl (C=O) groups excluding carboxylic acids is 3. The lowest BCUT2D eigenvalue weighted by atomic mass is 10.2. The van der Waals surface area contributed by atoms with E-state index in [9.17, 15) is 14.4 Å². The molecule has 2 heterocycles. The van der Waals surface area contributed by atoms with E-state index in [1.165, 1.54) is 23.1 Å². The minimum Gasteiger partial charge on any atom is -0.457 e. The molecular weight excluding hydrogens is 334 g/mol. The second-order valence-corrected chi connectivity index (χ2v) is 7.05. The zero-order valence-electron chi connectivity index (χ0n) is 12.0. The molecule has 0 unspecified atom stereocenters. The Morgan fingerprint density at radius 2 is 2.00 bits per heavy atom. The largest absolute Gasteiger partial charge is 0.457 e. The summed E-state index contributed by atoms with van der Waals surface area (Å²) in [5.41, 5.74) is 0.750. The van der Waals surface area contributed by atoms with Crippen molar-refractivity contribution in [3.05, 3.63) is 46.7 Å². The molecule has 0 fully saturated rings. The van der Waals surface area contributed by atoms with Crippen LogP contribution in [-0.2, 0) is 14.3 Å². The first-order valence-electron chi connectivity index (χ1n) is 6.92. The van der Waals surface area contributed by atoms with E-state index in [1.54, 1.807) is 17.5 Å². The quantitative estimate of drug-likeness (QED) is 0.665. The molecule has 1 atom stereocenters. The predicted octanol–water partition coefficient (Wildman–Crippen LogP) is 2.98. The molecule has 23 heavy (non-hydrogen) atoms. The molecule has 118 valence electrons. The summed E-state index contributed by atoms with van der Waals surface area (Å²) >= 11 is 2.63. The molecule has 0 saturated heterocycles. The number of Topliss-reactive ketones (excluding diaryl/α,β-unsaturated/α-hetero) is 1. The number of nitrogens with one attached hydrogen (secondary N) is 1. The van der Waals surface area contributed by atoms with Crippen molar-refractivity contribution in [1.82, 2.24) is 0 Å². The standard InChI is InChI=1S/C16H13NO4S2/c18-11(13-6-3-7-22-13)9-21-15(19)8-14-16(20)17-10-4-1-2-5-12(10)23-14/h1-7,14H,8-9H2,(H,17,20)/t14-/m0/s1. The molecule has 0 aliphatic carbocycles. The van der Waals surface area contributed by atoms with Crippen molar-refractivity contribution in [3.8, 4) is 0 Å². The number of carbonyl (C=O) groups is 3. The summed E-state index contributed by atoms with van der Waals surface area (Å²) in [6.07, 6.45) is -0.0669. The number of esters is 1. The van der Waals surface area contributed by atoms with Gasteiger partial charge in [0, 0.05) is 4.90 Å². The Balaban J connectivity index is 1.54.